The maximum Gasteiger partial charge on any atom is 0.408 e. The summed E-state index contributed by atoms with van der Waals surface area (Å²) < 4.78 is 18.7. The molecule has 2 aromatic carbocycles. The van der Waals surface area contributed by atoms with E-state index in [-0.39, 0.29) is 18.3 Å². The lowest BCUT2D eigenvalue weighted by Gasteiger charge is -2.23. The largest absolute Gasteiger partial charge is 0.444 e. The Kier molecular flexibility index (Phi) is 9.05. The number of hydrogen-bond acceptors (Lipinski definition) is 4. The van der Waals surface area contributed by atoms with Crippen LogP contribution >= 0.6 is 0 Å². The van der Waals surface area contributed by atoms with Crippen molar-refractivity contribution in [2.75, 3.05) is 6.54 Å². The summed E-state index contributed by atoms with van der Waals surface area (Å²) in [5, 5.41) is 9.07. The SMILES string of the molecule is CC(C)(C)OC(=O)NC(CCCCN[C@@H]1C[C@H]1c1ccccc1)C(=O)NCc1cccc(F)c1. The second kappa shape index (κ2) is 12.0. The van der Waals surface area contributed by atoms with Crippen LogP contribution in [-0.2, 0) is 16.1 Å². The first kappa shape index (κ1) is 25.7. The Balaban J connectivity index is 1.44. The monoisotopic (exact) mass is 469 g/mol. The zero-order chi connectivity index (χ0) is 24.6. The fraction of sp³-hybridized carbons (Fsp3) is 0.481. The quantitative estimate of drug-likeness (QED) is 0.419. The Labute approximate surface area is 201 Å². The highest BCUT2D eigenvalue weighted by Crippen LogP contribution is 2.40. The molecule has 2 aromatic rings. The summed E-state index contributed by atoms with van der Waals surface area (Å²) >= 11 is 0. The molecule has 0 spiro atoms. The molecule has 0 heterocycles. The van der Waals surface area contributed by atoms with Crippen LogP contribution in [0.15, 0.2) is 54.6 Å². The highest BCUT2D eigenvalue weighted by atomic mass is 19.1. The minimum absolute atomic E-state index is 0.188. The van der Waals surface area contributed by atoms with Gasteiger partial charge in [-0.25, -0.2) is 9.18 Å². The van der Waals surface area contributed by atoms with Crippen LogP contribution in [0.4, 0.5) is 9.18 Å². The molecular formula is C27H36FN3O3. The van der Waals surface area contributed by atoms with Crippen LogP contribution in [0.2, 0.25) is 0 Å². The number of rotatable bonds is 11. The number of benzene rings is 2. The highest BCUT2D eigenvalue weighted by Gasteiger charge is 2.37. The molecule has 1 aliphatic carbocycles. The van der Waals surface area contributed by atoms with Gasteiger partial charge in [-0.05, 0) is 76.3 Å². The van der Waals surface area contributed by atoms with Crippen molar-refractivity contribution in [2.45, 2.75) is 76.6 Å². The number of halogens is 1. The lowest BCUT2D eigenvalue weighted by atomic mass is 10.1. The summed E-state index contributed by atoms with van der Waals surface area (Å²) in [7, 11) is 0. The van der Waals surface area contributed by atoms with Crippen molar-refractivity contribution in [3.63, 3.8) is 0 Å². The first-order valence-electron chi connectivity index (χ1n) is 12.0. The topological polar surface area (TPSA) is 79.5 Å². The predicted molar refractivity (Wildman–Crippen MR) is 131 cm³/mol. The van der Waals surface area contributed by atoms with Gasteiger partial charge in [0.05, 0.1) is 0 Å². The minimum atomic E-state index is -0.721. The predicted octanol–water partition coefficient (Wildman–Crippen LogP) is 4.65. The van der Waals surface area contributed by atoms with Crippen molar-refractivity contribution in [3.8, 4) is 0 Å². The molecule has 1 unspecified atom stereocenters. The van der Waals surface area contributed by atoms with E-state index in [2.05, 4.69) is 40.2 Å². The Bertz CT molecular complexity index is 946. The summed E-state index contributed by atoms with van der Waals surface area (Å²) in [4.78, 5) is 25.1. The molecular weight excluding hydrogens is 433 g/mol. The minimum Gasteiger partial charge on any atom is -0.444 e. The molecule has 1 fully saturated rings. The van der Waals surface area contributed by atoms with Gasteiger partial charge in [0.25, 0.3) is 0 Å². The Morgan fingerprint density at radius 1 is 1.09 bits per heavy atom. The van der Waals surface area contributed by atoms with Crippen molar-refractivity contribution in [2.24, 2.45) is 0 Å². The summed E-state index contributed by atoms with van der Waals surface area (Å²) in [6.45, 7) is 6.37. The number of alkyl carbamates (subject to hydrolysis) is 1. The Morgan fingerprint density at radius 2 is 1.85 bits per heavy atom. The zero-order valence-corrected chi connectivity index (χ0v) is 20.3. The van der Waals surface area contributed by atoms with Crippen LogP contribution < -0.4 is 16.0 Å². The molecule has 0 aliphatic heterocycles. The molecule has 3 N–H and O–H groups in total. The lowest BCUT2D eigenvalue weighted by molar-refractivity contribution is -0.123. The first-order chi connectivity index (χ1) is 16.2. The molecule has 0 aromatic heterocycles. The molecule has 3 atom stereocenters. The van der Waals surface area contributed by atoms with Gasteiger partial charge in [0.2, 0.25) is 5.91 Å². The van der Waals surface area contributed by atoms with Crippen LogP contribution in [0.25, 0.3) is 0 Å². The average molecular weight is 470 g/mol. The molecule has 2 amide bonds. The molecule has 3 rings (SSSR count). The highest BCUT2D eigenvalue weighted by molar-refractivity contribution is 5.85. The van der Waals surface area contributed by atoms with E-state index in [4.69, 9.17) is 4.74 Å². The lowest BCUT2D eigenvalue weighted by Crippen LogP contribution is -2.48. The van der Waals surface area contributed by atoms with E-state index in [1.165, 1.54) is 17.7 Å². The molecule has 0 radical (unpaired) electrons. The second-order valence-electron chi connectivity index (χ2n) is 9.86. The van der Waals surface area contributed by atoms with E-state index >= 15 is 0 Å². The van der Waals surface area contributed by atoms with E-state index in [0.29, 0.717) is 23.9 Å². The zero-order valence-electron chi connectivity index (χ0n) is 20.3. The summed E-state index contributed by atoms with van der Waals surface area (Å²) in [6.07, 6.45) is 2.67. The van der Waals surface area contributed by atoms with E-state index in [1.807, 2.05) is 6.07 Å². The first-order valence-corrected chi connectivity index (χ1v) is 12.0. The number of nitrogens with one attached hydrogen (secondary N) is 3. The standard InChI is InChI=1S/C27H36FN3O3/c1-27(2,3)34-26(33)31-23(25(32)30-18-19-10-9-13-21(28)16-19)14-7-8-15-29-24-17-22(24)20-11-5-4-6-12-20/h4-6,9-13,16,22-24,29H,7-8,14-15,17-18H2,1-3H3,(H,30,32)(H,31,33)/t22-,23?,24+/m0/s1. The van der Waals surface area contributed by atoms with Gasteiger partial charge >= 0.3 is 6.09 Å². The molecule has 0 saturated heterocycles. The van der Waals surface area contributed by atoms with E-state index in [0.717, 1.165) is 25.8 Å². The molecule has 34 heavy (non-hydrogen) atoms. The summed E-state index contributed by atoms with van der Waals surface area (Å²) in [5.41, 5.74) is 1.37. The van der Waals surface area contributed by atoms with Gasteiger partial charge in [-0.2, -0.15) is 0 Å². The van der Waals surface area contributed by atoms with Gasteiger partial charge in [0.1, 0.15) is 17.5 Å². The van der Waals surface area contributed by atoms with Gasteiger partial charge in [-0.3, -0.25) is 4.79 Å². The maximum absolute atomic E-state index is 13.4. The second-order valence-corrected chi connectivity index (χ2v) is 9.86. The van der Waals surface area contributed by atoms with Crippen LogP contribution in [0.3, 0.4) is 0 Å². The van der Waals surface area contributed by atoms with Gasteiger partial charge < -0.3 is 20.7 Å². The van der Waals surface area contributed by atoms with Crippen LogP contribution in [0, 0.1) is 5.82 Å². The maximum atomic E-state index is 13.4. The van der Waals surface area contributed by atoms with Crippen molar-refractivity contribution >= 4 is 12.0 Å². The number of amides is 2. The smallest absolute Gasteiger partial charge is 0.408 e. The van der Waals surface area contributed by atoms with Crippen molar-refractivity contribution in [1.29, 1.82) is 0 Å². The van der Waals surface area contributed by atoms with Gasteiger partial charge in [0.15, 0.2) is 0 Å². The summed E-state index contributed by atoms with van der Waals surface area (Å²) in [5.74, 6) is -0.0846. The Morgan fingerprint density at radius 3 is 2.56 bits per heavy atom. The number of ether oxygens (including phenoxy) is 1. The number of hydrogen-bond donors (Lipinski definition) is 3. The third kappa shape index (κ3) is 8.78. The average Bonchev–Trinajstić information content (AvgIpc) is 3.55. The van der Waals surface area contributed by atoms with E-state index in [1.54, 1.807) is 32.9 Å². The van der Waals surface area contributed by atoms with Crippen molar-refractivity contribution in [3.05, 3.63) is 71.5 Å². The fourth-order valence-corrected chi connectivity index (χ4v) is 3.93. The van der Waals surface area contributed by atoms with E-state index < -0.39 is 17.7 Å². The molecule has 6 nitrogen and oxygen atoms in total. The Hall–Kier alpha value is -2.93. The van der Waals surface area contributed by atoms with Crippen LogP contribution in [0.1, 0.15) is 63.5 Å². The van der Waals surface area contributed by atoms with Gasteiger partial charge in [-0.1, -0.05) is 42.5 Å². The summed E-state index contributed by atoms with van der Waals surface area (Å²) in [6, 6.07) is 16.4. The molecule has 1 saturated carbocycles. The molecule has 0 bridgehead atoms. The normalized spacial score (nSPS) is 18.1. The van der Waals surface area contributed by atoms with E-state index in [9.17, 15) is 14.0 Å². The van der Waals surface area contributed by atoms with Crippen molar-refractivity contribution in [1.82, 2.24) is 16.0 Å². The van der Waals surface area contributed by atoms with Crippen molar-refractivity contribution < 1.29 is 18.7 Å². The number of carbonyl (C=O) groups is 2. The van der Waals surface area contributed by atoms with Crippen LogP contribution in [0.5, 0.6) is 0 Å². The third-order valence-electron chi connectivity index (χ3n) is 5.71. The molecule has 7 heteroatoms. The molecule has 1 aliphatic rings. The number of unbranched alkanes of at least 4 members (excludes halogenated alkanes) is 1. The van der Waals surface area contributed by atoms with Gasteiger partial charge in [0, 0.05) is 18.5 Å². The fourth-order valence-electron chi connectivity index (χ4n) is 3.93. The molecule has 184 valence electrons. The number of carbonyl (C=O) groups excluding carboxylic acids is 2. The third-order valence-corrected chi connectivity index (χ3v) is 5.71. The van der Waals surface area contributed by atoms with Crippen LogP contribution in [-0.4, -0.2) is 36.2 Å². The van der Waals surface area contributed by atoms with Gasteiger partial charge in [-0.15, -0.1) is 0 Å².